The number of nitrogens with zero attached hydrogens (tertiary/aromatic N) is 2. The Hall–Kier alpha value is -1.63. The summed E-state index contributed by atoms with van der Waals surface area (Å²) in [7, 11) is 0. The van der Waals surface area contributed by atoms with Gasteiger partial charge in [-0.2, -0.15) is 0 Å². The van der Waals surface area contributed by atoms with E-state index in [4.69, 9.17) is 21.2 Å². The Labute approximate surface area is 120 Å². The highest BCUT2D eigenvalue weighted by Gasteiger charge is 2.20. The molecule has 1 atom stereocenters. The van der Waals surface area contributed by atoms with Crippen LogP contribution in [0.2, 0.25) is 5.15 Å². The largest absolute Gasteiger partial charge is 0.350 e. The van der Waals surface area contributed by atoms with Gasteiger partial charge in [-0.1, -0.05) is 17.7 Å². The van der Waals surface area contributed by atoms with Crippen molar-refractivity contribution in [2.24, 2.45) is 0 Å². The van der Waals surface area contributed by atoms with Gasteiger partial charge >= 0.3 is 0 Å². The molecule has 20 heavy (non-hydrogen) atoms. The number of hydrogen-bond acceptors (Lipinski definition) is 4. The van der Waals surface area contributed by atoms with Crippen molar-refractivity contribution in [1.29, 1.82) is 0 Å². The van der Waals surface area contributed by atoms with Gasteiger partial charge in [0.25, 0.3) is 5.91 Å². The van der Waals surface area contributed by atoms with Crippen LogP contribution in [0.15, 0.2) is 24.4 Å². The molecule has 0 spiro atoms. The Morgan fingerprint density at radius 2 is 2.40 bits per heavy atom. The molecule has 2 aromatic heterocycles. The van der Waals surface area contributed by atoms with Crippen LogP contribution in [0.4, 0.5) is 0 Å². The third-order valence-corrected chi connectivity index (χ3v) is 3.39. The molecule has 1 aliphatic heterocycles. The van der Waals surface area contributed by atoms with Gasteiger partial charge in [0.15, 0.2) is 17.1 Å². The molecule has 0 bridgehead atoms. The number of hydrogen-bond donors (Lipinski definition) is 1. The van der Waals surface area contributed by atoms with E-state index in [2.05, 4.69) is 10.5 Å². The normalized spacial score (nSPS) is 19.1. The number of rotatable bonds is 3. The number of pyridine rings is 1. The van der Waals surface area contributed by atoms with Crippen molar-refractivity contribution < 1.29 is 14.4 Å². The molecule has 6 nitrogen and oxygen atoms in total. The zero-order chi connectivity index (χ0) is 13.9. The lowest BCUT2D eigenvalue weighted by Gasteiger charge is -2.22. The Morgan fingerprint density at radius 3 is 3.20 bits per heavy atom. The van der Waals surface area contributed by atoms with Gasteiger partial charge in [-0.25, -0.2) is 15.3 Å². The first-order valence-corrected chi connectivity index (χ1v) is 6.83. The first-order chi connectivity index (χ1) is 9.75. The van der Waals surface area contributed by atoms with E-state index in [-0.39, 0.29) is 10.8 Å². The monoisotopic (exact) mass is 295 g/mol. The predicted octanol–water partition coefficient (Wildman–Crippen LogP) is 2.18. The second-order valence-corrected chi connectivity index (χ2v) is 4.88. The van der Waals surface area contributed by atoms with Crippen LogP contribution in [0.25, 0.3) is 5.65 Å². The number of fused-ring (bicyclic) bond motifs is 1. The van der Waals surface area contributed by atoms with Crippen LogP contribution >= 0.6 is 11.6 Å². The van der Waals surface area contributed by atoms with Crippen molar-refractivity contribution in [3.63, 3.8) is 0 Å². The summed E-state index contributed by atoms with van der Waals surface area (Å²) in [4.78, 5) is 21.5. The highest BCUT2D eigenvalue weighted by atomic mass is 35.5. The molecule has 2 aromatic rings. The van der Waals surface area contributed by atoms with E-state index in [1.165, 1.54) is 0 Å². The lowest BCUT2D eigenvalue weighted by molar-refractivity contribution is -0.186. The summed E-state index contributed by atoms with van der Waals surface area (Å²) >= 11 is 6.00. The highest BCUT2D eigenvalue weighted by molar-refractivity contribution is 6.32. The second-order valence-electron chi connectivity index (χ2n) is 4.53. The van der Waals surface area contributed by atoms with Crippen LogP contribution in [0.1, 0.15) is 29.8 Å². The SMILES string of the molecule is O=C(NO[C@@H]1CCCCO1)c1c(Cl)nc2ccccn12. The summed E-state index contributed by atoms with van der Waals surface area (Å²) in [6.07, 6.45) is 4.14. The summed E-state index contributed by atoms with van der Waals surface area (Å²) in [6, 6.07) is 5.40. The second kappa shape index (κ2) is 5.78. The molecule has 1 fully saturated rings. The number of carbonyl (C=O) groups is 1. The van der Waals surface area contributed by atoms with Crippen LogP contribution < -0.4 is 5.48 Å². The Balaban J connectivity index is 1.73. The van der Waals surface area contributed by atoms with E-state index in [0.29, 0.717) is 12.3 Å². The highest BCUT2D eigenvalue weighted by Crippen LogP contribution is 2.18. The van der Waals surface area contributed by atoms with Crippen LogP contribution in [0, 0.1) is 0 Å². The smallest absolute Gasteiger partial charge is 0.295 e. The summed E-state index contributed by atoms with van der Waals surface area (Å²) in [5.74, 6) is -0.442. The molecule has 0 aliphatic carbocycles. The molecule has 1 saturated heterocycles. The van der Waals surface area contributed by atoms with Crippen LogP contribution in [-0.4, -0.2) is 28.2 Å². The van der Waals surface area contributed by atoms with E-state index in [0.717, 1.165) is 19.3 Å². The zero-order valence-electron chi connectivity index (χ0n) is 10.7. The minimum Gasteiger partial charge on any atom is -0.350 e. The van der Waals surface area contributed by atoms with Gasteiger partial charge in [0.2, 0.25) is 0 Å². The molecule has 0 unspecified atom stereocenters. The quantitative estimate of drug-likeness (QED) is 0.882. The maximum atomic E-state index is 12.1. The minimum absolute atomic E-state index is 0.141. The van der Waals surface area contributed by atoms with Crippen molar-refractivity contribution in [3.8, 4) is 0 Å². The molecular formula is C13H14ClN3O3. The third-order valence-electron chi connectivity index (χ3n) is 3.12. The van der Waals surface area contributed by atoms with E-state index >= 15 is 0 Å². The number of imidazole rings is 1. The molecular weight excluding hydrogens is 282 g/mol. The van der Waals surface area contributed by atoms with Gasteiger partial charge in [-0.05, 0) is 25.0 Å². The minimum atomic E-state index is -0.442. The lowest BCUT2D eigenvalue weighted by Crippen LogP contribution is -2.33. The van der Waals surface area contributed by atoms with E-state index < -0.39 is 12.2 Å². The molecule has 1 N–H and O–H groups in total. The van der Waals surface area contributed by atoms with Crippen LogP contribution in [0.5, 0.6) is 0 Å². The molecule has 3 rings (SSSR count). The van der Waals surface area contributed by atoms with Gasteiger partial charge < -0.3 is 4.74 Å². The fourth-order valence-electron chi connectivity index (χ4n) is 2.14. The van der Waals surface area contributed by atoms with E-state index in [1.54, 1.807) is 22.7 Å². The molecule has 106 valence electrons. The standard InChI is InChI=1S/C13H14ClN3O3/c14-12-11(17-7-3-1-5-9(17)15-12)13(18)16-20-10-6-2-4-8-19-10/h1,3,5,7,10H,2,4,6,8H2,(H,16,18)/t10-/m1/s1. The summed E-state index contributed by atoms with van der Waals surface area (Å²) in [6.45, 7) is 0.650. The first kappa shape index (κ1) is 13.4. The van der Waals surface area contributed by atoms with Gasteiger partial charge in [0.05, 0.1) is 0 Å². The van der Waals surface area contributed by atoms with Gasteiger partial charge in [-0.15, -0.1) is 0 Å². The Morgan fingerprint density at radius 1 is 1.50 bits per heavy atom. The van der Waals surface area contributed by atoms with Crippen LogP contribution in [-0.2, 0) is 9.57 Å². The van der Waals surface area contributed by atoms with Gasteiger partial charge in [0, 0.05) is 19.2 Å². The number of carbonyl (C=O) groups excluding carboxylic acids is 1. The molecule has 0 radical (unpaired) electrons. The Kier molecular flexibility index (Phi) is 3.86. The average molecular weight is 296 g/mol. The van der Waals surface area contributed by atoms with Gasteiger partial charge in [-0.3, -0.25) is 9.20 Å². The van der Waals surface area contributed by atoms with Crippen LogP contribution in [0.3, 0.4) is 0 Å². The summed E-state index contributed by atoms with van der Waals surface area (Å²) < 4.78 is 6.98. The molecule has 0 saturated carbocycles. The Bertz CT molecular complexity index is 622. The van der Waals surface area contributed by atoms with Crippen molar-refractivity contribution in [2.45, 2.75) is 25.6 Å². The fraction of sp³-hybridized carbons (Fsp3) is 0.385. The molecule has 7 heteroatoms. The third kappa shape index (κ3) is 2.63. The molecule has 3 heterocycles. The predicted molar refractivity (Wildman–Crippen MR) is 72.3 cm³/mol. The van der Waals surface area contributed by atoms with Crippen molar-refractivity contribution in [2.75, 3.05) is 6.61 Å². The number of hydroxylamine groups is 1. The van der Waals surface area contributed by atoms with Crippen molar-refractivity contribution in [3.05, 3.63) is 35.2 Å². The summed E-state index contributed by atoms with van der Waals surface area (Å²) in [5, 5.41) is 0.141. The maximum Gasteiger partial charge on any atom is 0.295 e. The van der Waals surface area contributed by atoms with Crippen molar-refractivity contribution >= 4 is 23.2 Å². The van der Waals surface area contributed by atoms with E-state index in [9.17, 15) is 4.79 Å². The van der Waals surface area contributed by atoms with Gasteiger partial charge in [0.1, 0.15) is 5.65 Å². The number of aromatic nitrogens is 2. The van der Waals surface area contributed by atoms with Crippen molar-refractivity contribution in [1.82, 2.24) is 14.9 Å². The first-order valence-electron chi connectivity index (χ1n) is 6.46. The summed E-state index contributed by atoms with van der Waals surface area (Å²) in [5.41, 5.74) is 3.23. The molecule has 1 aliphatic rings. The lowest BCUT2D eigenvalue weighted by atomic mass is 10.2. The topological polar surface area (TPSA) is 64.9 Å². The fourth-order valence-corrected chi connectivity index (χ4v) is 2.41. The average Bonchev–Trinajstić information content (AvgIpc) is 2.82. The van der Waals surface area contributed by atoms with E-state index in [1.807, 2.05) is 6.07 Å². The number of amides is 1. The number of ether oxygens (including phenoxy) is 1. The number of halogens is 1. The molecule has 0 aromatic carbocycles. The molecule has 1 amide bonds. The zero-order valence-corrected chi connectivity index (χ0v) is 11.5. The number of nitrogens with one attached hydrogen (secondary N) is 1. The maximum absolute atomic E-state index is 12.1.